The second-order valence-electron chi connectivity index (χ2n) is 15.4. The van der Waals surface area contributed by atoms with Gasteiger partial charge in [-0.2, -0.15) is 0 Å². The standard InChI is InChI=1S/C46H55FN6O/c1-10-34(30-54)27-50-44-25-35(22-24-52(44)9)38-13-11-14-39(33(38)4)40-15-12-16-41(45(40)47)42-20-18-36(28-48-8)43(21-23-49-42)53(32(3)26-46(5,6)7)29-37-19-17-31(2)51-37/h10-16,18,20,22,24-25,27-28,30,37,43,49,51H,1-3,17,19,21,23,26,29H2,4-9H3/b34-27-,36-18?,42-20?,48-28?,50-44?. The van der Waals surface area contributed by atoms with Crippen molar-refractivity contribution in [2.45, 2.75) is 65.5 Å². The summed E-state index contributed by atoms with van der Waals surface area (Å²) >= 11 is 0. The number of nitrogens with one attached hydrogen (secondary N) is 2. The fraction of sp³-hybridized carbons (Fsp3) is 0.326. The quantitative estimate of drug-likeness (QED) is 0.0847. The van der Waals surface area contributed by atoms with E-state index in [1.807, 2.05) is 85.6 Å². The molecular formula is C46H55FN6O. The molecule has 2 N–H and O–H groups in total. The molecule has 2 aliphatic rings. The highest BCUT2D eigenvalue weighted by atomic mass is 19.1. The molecule has 3 heterocycles. The minimum Gasteiger partial charge on any atom is -0.384 e. The number of carbonyl (C=O) groups excluding carboxylic acids is 1. The summed E-state index contributed by atoms with van der Waals surface area (Å²) in [6.07, 6.45) is 15.3. The van der Waals surface area contributed by atoms with Gasteiger partial charge in [-0.3, -0.25) is 9.79 Å². The van der Waals surface area contributed by atoms with E-state index in [1.165, 1.54) is 12.3 Å². The lowest BCUT2D eigenvalue weighted by Crippen LogP contribution is -2.45. The summed E-state index contributed by atoms with van der Waals surface area (Å²) in [6.45, 7) is 22.6. The Labute approximate surface area is 320 Å². The van der Waals surface area contributed by atoms with Crippen molar-refractivity contribution >= 4 is 18.2 Å². The molecule has 0 radical (unpaired) electrons. The molecule has 2 atom stereocenters. The van der Waals surface area contributed by atoms with Crippen molar-refractivity contribution in [3.05, 3.63) is 144 Å². The highest BCUT2D eigenvalue weighted by Gasteiger charge is 2.30. The third-order valence-corrected chi connectivity index (χ3v) is 10.0. The normalized spacial score (nSPS) is 18.3. The zero-order valence-electron chi connectivity index (χ0n) is 32.8. The Kier molecular flexibility index (Phi) is 12.9. The van der Waals surface area contributed by atoms with Gasteiger partial charge in [-0.25, -0.2) is 9.38 Å². The van der Waals surface area contributed by atoms with Crippen LogP contribution in [0.4, 0.5) is 4.39 Å². The molecule has 5 rings (SSSR count). The average Bonchev–Trinajstić information content (AvgIpc) is 3.54. The molecule has 0 saturated carbocycles. The summed E-state index contributed by atoms with van der Waals surface area (Å²) in [5.74, 6) is -0.286. The van der Waals surface area contributed by atoms with E-state index in [-0.39, 0.29) is 17.3 Å². The minimum absolute atomic E-state index is 0.0460. The molecule has 0 amide bonds. The van der Waals surface area contributed by atoms with Gasteiger partial charge in [0, 0.05) is 85.6 Å². The Bertz CT molecular complexity index is 2100. The highest BCUT2D eigenvalue weighted by Crippen LogP contribution is 2.36. The van der Waals surface area contributed by atoms with Crippen molar-refractivity contribution in [1.82, 2.24) is 20.1 Å². The van der Waals surface area contributed by atoms with Gasteiger partial charge < -0.3 is 20.1 Å². The maximum absolute atomic E-state index is 16.8. The third kappa shape index (κ3) is 9.53. The number of allylic oxidation sites excluding steroid dienone is 6. The first-order chi connectivity index (χ1) is 25.8. The second-order valence-corrected chi connectivity index (χ2v) is 15.4. The Morgan fingerprint density at radius 1 is 1.07 bits per heavy atom. The average molecular weight is 727 g/mol. The van der Waals surface area contributed by atoms with Crippen LogP contribution in [0.1, 0.15) is 57.6 Å². The molecule has 1 saturated heterocycles. The number of halogens is 1. The number of aromatic nitrogens is 1. The number of pyridine rings is 1. The van der Waals surface area contributed by atoms with Crippen LogP contribution in [0, 0.1) is 18.2 Å². The molecule has 3 aromatic rings. The first-order valence-electron chi connectivity index (χ1n) is 18.7. The largest absolute Gasteiger partial charge is 0.384 e. The van der Waals surface area contributed by atoms with Gasteiger partial charge in [0.2, 0.25) is 0 Å². The maximum Gasteiger partial charge on any atom is 0.151 e. The van der Waals surface area contributed by atoms with Crippen molar-refractivity contribution in [3.8, 4) is 22.3 Å². The van der Waals surface area contributed by atoms with E-state index in [0.29, 0.717) is 34.8 Å². The van der Waals surface area contributed by atoms with E-state index in [1.54, 1.807) is 7.05 Å². The van der Waals surface area contributed by atoms with Crippen LogP contribution in [-0.2, 0) is 11.8 Å². The number of hydrogen-bond acceptors (Lipinski definition) is 6. The first-order valence-corrected chi connectivity index (χ1v) is 18.7. The topological polar surface area (TPSA) is 74.0 Å². The van der Waals surface area contributed by atoms with Crippen LogP contribution >= 0.6 is 0 Å². The summed E-state index contributed by atoms with van der Waals surface area (Å²) in [6, 6.07) is 15.9. The Morgan fingerprint density at radius 2 is 1.80 bits per heavy atom. The molecule has 2 aliphatic heterocycles. The lowest BCUT2D eigenvalue weighted by atomic mass is 9.89. The lowest BCUT2D eigenvalue weighted by molar-refractivity contribution is -0.104. The zero-order valence-corrected chi connectivity index (χ0v) is 32.8. The van der Waals surface area contributed by atoms with E-state index in [2.05, 4.69) is 72.1 Å². The van der Waals surface area contributed by atoms with Crippen molar-refractivity contribution in [1.29, 1.82) is 0 Å². The monoisotopic (exact) mass is 726 g/mol. The van der Waals surface area contributed by atoms with Gasteiger partial charge in [0.25, 0.3) is 0 Å². The number of aldehydes is 1. The third-order valence-electron chi connectivity index (χ3n) is 10.0. The molecule has 1 aromatic heterocycles. The Hall–Kier alpha value is -5.50. The number of benzene rings is 2. The van der Waals surface area contributed by atoms with Crippen molar-refractivity contribution < 1.29 is 9.18 Å². The van der Waals surface area contributed by atoms with E-state index in [9.17, 15) is 4.79 Å². The SMILES string of the molecule is C=C/C(C=O)=C/N=c1cc(-c2cccc(-c3cccc(C4=CC=C(C=NC)C(N(CC5CCC(=C)N5)C(=C)CC(C)(C)C)CCN4)c3F)c2C)ccn1C. The second kappa shape index (κ2) is 17.5. The number of hydrogen-bond donors (Lipinski definition) is 2. The molecule has 0 aliphatic carbocycles. The summed E-state index contributed by atoms with van der Waals surface area (Å²) in [7, 11) is 3.69. The number of carbonyl (C=O) groups is 1. The van der Waals surface area contributed by atoms with Gasteiger partial charge in [-0.05, 0) is 90.1 Å². The summed E-state index contributed by atoms with van der Waals surface area (Å²) in [5.41, 5.74) is 9.82. The number of rotatable bonds is 12. The highest BCUT2D eigenvalue weighted by molar-refractivity contribution is 5.83. The molecule has 54 heavy (non-hydrogen) atoms. The van der Waals surface area contributed by atoms with Crippen molar-refractivity contribution in [2.24, 2.45) is 22.4 Å². The number of aryl methyl sites for hydroxylation is 1. The predicted octanol–water partition coefficient (Wildman–Crippen LogP) is 8.82. The summed E-state index contributed by atoms with van der Waals surface area (Å²) in [4.78, 5) is 22.7. The van der Waals surface area contributed by atoms with Crippen molar-refractivity contribution in [3.63, 3.8) is 0 Å². The molecule has 282 valence electrons. The van der Waals surface area contributed by atoms with Crippen LogP contribution in [-0.4, -0.2) is 54.2 Å². The molecule has 0 spiro atoms. The van der Waals surface area contributed by atoms with E-state index in [4.69, 9.17) is 0 Å². The van der Waals surface area contributed by atoms with Crippen LogP contribution in [0.3, 0.4) is 0 Å². The molecule has 2 unspecified atom stereocenters. The van der Waals surface area contributed by atoms with Crippen LogP contribution in [0.15, 0.2) is 131 Å². The fourth-order valence-electron chi connectivity index (χ4n) is 7.32. The van der Waals surface area contributed by atoms with Crippen molar-refractivity contribution in [2.75, 3.05) is 20.1 Å². The van der Waals surface area contributed by atoms with Gasteiger partial charge in [0.1, 0.15) is 11.3 Å². The Balaban J connectivity index is 1.51. The predicted molar refractivity (Wildman–Crippen MR) is 223 cm³/mol. The molecule has 8 heteroatoms. The molecule has 7 nitrogen and oxygen atoms in total. The lowest BCUT2D eigenvalue weighted by Gasteiger charge is -2.40. The van der Waals surface area contributed by atoms with Gasteiger partial charge in [-0.1, -0.05) is 83.0 Å². The fourth-order valence-corrected chi connectivity index (χ4v) is 7.32. The molecule has 0 bridgehead atoms. The van der Waals surface area contributed by atoms with Crippen LogP contribution in [0.5, 0.6) is 0 Å². The van der Waals surface area contributed by atoms with Crippen LogP contribution in [0.2, 0.25) is 0 Å². The summed E-state index contributed by atoms with van der Waals surface area (Å²) < 4.78 is 18.7. The van der Waals surface area contributed by atoms with E-state index < -0.39 is 0 Å². The summed E-state index contributed by atoms with van der Waals surface area (Å²) in [5, 5.41) is 7.17. The Morgan fingerprint density at radius 3 is 2.46 bits per heavy atom. The van der Waals surface area contributed by atoms with Crippen LogP contribution < -0.4 is 16.1 Å². The van der Waals surface area contributed by atoms with E-state index >= 15 is 4.39 Å². The van der Waals surface area contributed by atoms with Crippen LogP contribution in [0.25, 0.3) is 28.0 Å². The maximum atomic E-state index is 16.8. The first kappa shape index (κ1) is 39.7. The smallest absolute Gasteiger partial charge is 0.151 e. The van der Waals surface area contributed by atoms with Gasteiger partial charge in [0.05, 0.1) is 6.04 Å². The number of aliphatic imine (C=N–C) groups is 1. The minimum atomic E-state index is -0.286. The molecule has 2 aromatic carbocycles. The van der Waals surface area contributed by atoms with Gasteiger partial charge in [-0.15, -0.1) is 0 Å². The molecule has 1 fully saturated rings. The van der Waals surface area contributed by atoms with Gasteiger partial charge in [0.15, 0.2) is 6.29 Å². The zero-order chi connectivity index (χ0) is 39.0. The van der Waals surface area contributed by atoms with Gasteiger partial charge >= 0.3 is 0 Å². The van der Waals surface area contributed by atoms with E-state index in [0.717, 1.165) is 83.4 Å². The number of nitrogens with zero attached hydrogens (tertiary/aromatic N) is 4. The molecular weight excluding hydrogens is 672 g/mol.